The first-order valence-electron chi connectivity index (χ1n) is 8.18. The van der Waals surface area contributed by atoms with Crippen LogP contribution in [0.2, 0.25) is 0 Å². The molecule has 1 N–H and O–H groups in total. The topological polar surface area (TPSA) is 47.6 Å². The van der Waals surface area contributed by atoms with Crippen molar-refractivity contribution in [3.05, 3.63) is 53.6 Å². The largest absolute Gasteiger partial charge is 0.495 e. The third-order valence-corrected chi connectivity index (χ3v) is 3.86. The highest BCUT2D eigenvalue weighted by atomic mass is 16.6. The van der Waals surface area contributed by atoms with E-state index in [1.807, 2.05) is 30.3 Å². The lowest BCUT2D eigenvalue weighted by atomic mass is 9.94. The first kappa shape index (κ1) is 17.9. The molecule has 0 aromatic heterocycles. The lowest BCUT2D eigenvalue weighted by Gasteiger charge is -2.19. The number of rotatable bonds is 5. The van der Waals surface area contributed by atoms with Gasteiger partial charge in [0.15, 0.2) is 0 Å². The Labute approximate surface area is 143 Å². The van der Waals surface area contributed by atoms with Gasteiger partial charge in [-0.25, -0.2) is 4.79 Å². The van der Waals surface area contributed by atoms with Gasteiger partial charge in [-0.3, -0.25) is 5.32 Å². The predicted octanol–water partition coefficient (Wildman–Crippen LogP) is 5.55. The zero-order valence-corrected chi connectivity index (χ0v) is 14.9. The molecular weight excluding hydrogens is 302 g/mol. The quantitative estimate of drug-likeness (QED) is 0.783. The van der Waals surface area contributed by atoms with E-state index in [0.29, 0.717) is 17.2 Å². The second-order valence-electron chi connectivity index (χ2n) is 6.29. The standard InChI is InChI=1S/C20H25NO3/c1-13(2)15-9-8-10-16(14(3)4)19(15)24-20(22)21-17-11-6-7-12-18(17)23-5/h6-14H,1-5H3,(H,21,22). The number of nitrogens with one attached hydrogen (secondary N) is 1. The number of amides is 1. The number of carbonyl (C=O) groups is 1. The molecule has 2 aromatic rings. The molecule has 0 saturated heterocycles. The zero-order valence-electron chi connectivity index (χ0n) is 14.9. The van der Waals surface area contributed by atoms with Gasteiger partial charge in [0.25, 0.3) is 0 Å². The Morgan fingerprint density at radius 1 is 0.917 bits per heavy atom. The van der Waals surface area contributed by atoms with E-state index in [-0.39, 0.29) is 11.8 Å². The number of carbonyl (C=O) groups excluding carboxylic acids is 1. The average molecular weight is 327 g/mol. The van der Waals surface area contributed by atoms with Crippen molar-refractivity contribution < 1.29 is 14.3 Å². The Kier molecular flexibility index (Phi) is 5.85. The molecule has 0 aliphatic heterocycles. The smallest absolute Gasteiger partial charge is 0.417 e. The van der Waals surface area contributed by atoms with E-state index in [0.717, 1.165) is 11.1 Å². The minimum atomic E-state index is -0.519. The first-order chi connectivity index (χ1) is 11.4. The highest BCUT2D eigenvalue weighted by molar-refractivity contribution is 5.88. The van der Waals surface area contributed by atoms with E-state index in [4.69, 9.17) is 9.47 Å². The molecule has 0 heterocycles. The maximum absolute atomic E-state index is 12.4. The van der Waals surface area contributed by atoms with Crippen LogP contribution in [0.25, 0.3) is 0 Å². The van der Waals surface area contributed by atoms with Crippen molar-refractivity contribution in [2.24, 2.45) is 0 Å². The second kappa shape index (κ2) is 7.86. The highest BCUT2D eigenvalue weighted by Gasteiger charge is 2.18. The molecule has 0 bridgehead atoms. The van der Waals surface area contributed by atoms with Crippen molar-refractivity contribution in [3.8, 4) is 11.5 Å². The van der Waals surface area contributed by atoms with Crippen molar-refractivity contribution in [1.29, 1.82) is 0 Å². The fraction of sp³-hybridized carbons (Fsp3) is 0.350. The fourth-order valence-corrected chi connectivity index (χ4v) is 2.58. The van der Waals surface area contributed by atoms with Gasteiger partial charge in [0, 0.05) is 0 Å². The van der Waals surface area contributed by atoms with Crippen molar-refractivity contribution >= 4 is 11.8 Å². The van der Waals surface area contributed by atoms with E-state index in [1.165, 1.54) is 0 Å². The molecule has 4 heteroatoms. The second-order valence-corrected chi connectivity index (χ2v) is 6.29. The van der Waals surface area contributed by atoms with Crippen molar-refractivity contribution in [3.63, 3.8) is 0 Å². The van der Waals surface area contributed by atoms with Crippen LogP contribution in [0.15, 0.2) is 42.5 Å². The van der Waals surface area contributed by atoms with E-state index in [1.54, 1.807) is 19.2 Å². The number of hydrogen-bond acceptors (Lipinski definition) is 3. The summed E-state index contributed by atoms with van der Waals surface area (Å²) in [5.41, 5.74) is 2.63. The minimum absolute atomic E-state index is 0.262. The van der Waals surface area contributed by atoms with Crippen LogP contribution in [0.3, 0.4) is 0 Å². The number of para-hydroxylation sites is 3. The third-order valence-electron chi connectivity index (χ3n) is 3.86. The lowest BCUT2D eigenvalue weighted by molar-refractivity contribution is 0.214. The van der Waals surface area contributed by atoms with Gasteiger partial charge < -0.3 is 9.47 Å². The molecule has 2 rings (SSSR count). The first-order valence-corrected chi connectivity index (χ1v) is 8.18. The summed E-state index contributed by atoms with van der Waals surface area (Å²) < 4.78 is 10.9. The Balaban J connectivity index is 2.28. The Morgan fingerprint density at radius 3 is 2.04 bits per heavy atom. The Hall–Kier alpha value is -2.49. The van der Waals surface area contributed by atoms with Crippen LogP contribution in [-0.4, -0.2) is 13.2 Å². The summed E-state index contributed by atoms with van der Waals surface area (Å²) in [4.78, 5) is 12.4. The number of benzene rings is 2. The molecule has 1 amide bonds. The normalized spacial score (nSPS) is 10.8. The molecule has 0 aliphatic carbocycles. The fourth-order valence-electron chi connectivity index (χ4n) is 2.58. The molecular formula is C20H25NO3. The zero-order chi connectivity index (χ0) is 17.7. The van der Waals surface area contributed by atoms with Gasteiger partial charge in [-0.15, -0.1) is 0 Å². The maximum atomic E-state index is 12.4. The predicted molar refractivity (Wildman–Crippen MR) is 97.3 cm³/mol. The Bertz CT molecular complexity index is 682. The molecule has 2 aromatic carbocycles. The van der Waals surface area contributed by atoms with Crippen molar-refractivity contribution in [1.82, 2.24) is 0 Å². The molecule has 0 saturated carbocycles. The van der Waals surface area contributed by atoms with Crippen LogP contribution >= 0.6 is 0 Å². The minimum Gasteiger partial charge on any atom is -0.495 e. The van der Waals surface area contributed by atoms with E-state index in [2.05, 4.69) is 33.0 Å². The molecule has 0 fully saturated rings. The van der Waals surface area contributed by atoms with Crippen LogP contribution in [0.4, 0.5) is 10.5 Å². The summed E-state index contributed by atoms with van der Waals surface area (Å²) in [6.45, 7) is 8.35. The summed E-state index contributed by atoms with van der Waals surface area (Å²) in [5, 5.41) is 2.76. The van der Waals surface area contributed by atoms with Crippen LogP contribution in [0.1, 0.15) is 50.7 Å². The summed E-state index contributed by atoms with van der Waals surface area (Å²) in [5.74, 6) is 1.76. The molecule has 0 aliphatic rings. The van der Waals surface area contributed by atoms with Crippen LogP contribution < -0.4 is 14.8 Å². The summed E-state index contributed by atoms with van der Waals surface area (Å²) in [6, 6.07) is 13.3. The van der Waals surface area contributed by atoms with Gasteiger partial charge in [-0.2, -0.15) is 0 Å². The molecule has 0 atom stereocenters. The monoisotopic (exact) mass is 327 g/mol. The number of methoxy groups -OCH3 is 1. The van der Waals surface area contributed by atoms with E-state index in [9.17, 15) is 4.79 Å². The summed E-state index contributed by atoms with van der Waals surface area (Å²) in [7, 11) is 1.57. The maximum Gasteiger partial charge on any atom is 0.417 e. The van der Waals surface area contributed by atoms with Crippen molar-refractivity contribution in [2.45, 2.75) is 39.5 Å². The lowest BCUT2D eigenvalue weighted by Crippen LogP contribution is -2.19. The van der Waals surface area contributed by atoms with Crippen LogP contribution in [0, 0.1) is 0 Å². The van der Waals surface area contributed by atoms with Crippen LogP contribution in [-0.2, 0) is 0 Å². The van der Waals surface area contributed by atoms with Gasteiger partial charge in [0.05, 0.1) is 12.8 Å². The van der Waals surface area contributed by atoms with Crippen LogP contribution in [0.5, 0.6) is 11.5 Å². The highest BCUT2D eigenvalue weighted by Crippen LogP contribution is 2.35. The van der Waals surface area contributed by atoms with E-state index < -0.39 is 6.09 Å². The summed E-state index contributed by atoms with van der Waals surface area (Å²) in [6.07, 6.45) is -0.519. The molecule has 0 unspecified atom stereocenters. The van der Waals surface area contributed by atoms with Gasteiger partial charge in [0.2, 0.25) is 0 Å². The molecule has 128 valence electrons. The van der Waals surface area contributed by atoms with Gasteiger partial charge in [0.1, 0.15) is 11.5 Å². The number of hydrogen-bond donors (Lipinski definition) is 1. The average Bonchev–Trinajstić information content (AvgIpc) is 2.55. The van der Waals surface area contributed by atoms with Crippen molar-refractivity contribution in [2.75, 3.05) is 12.4 Å². The van der Waals surface area contributed by atoms with E-state index >= 15 is 0 Å². The third kappa shape index (κ3) is 4.07. The number of ether oxygens (including phenoxy) is 2. The molecule has 24 heavy (non-hydrogen) atoms. The number of anilines is 1. The summed E-state index contributed by atoms with van der Waals surface area (Å²) >= 11 is 0. The molecule has 0 radical (unpaired) electrons. The van der Waals surface area contributed by atoms with Gasteiger partial charge >= 0.3 is 6.09 Å². The SMILES string of the molecule is COc1ccccc1NC(=O)Oc1c(C(C)C)cccc1C(C)C. The molecule has 0 spiro atoms. The Morgan fingerprint density at radius 2 is 1.50 bits per heavy atom. The molecule has 4 nitrogen and oxygen atoms in total. The van der Waals surface area contributed by atoms with Gasteiger partial charge in [-0.05, 0) is 35.1 Å². The van der Waals surface area contributed by atoms with Gasteiger partial charge in [-0.1, -0.05) is 58.0 Å².